The molecular weight excluding hydrogens is 406 g/mol. The van der Waals surface area contributed by atoms with Crippen LogP contribution in [-0.2, 0) is 15.3 Å². The van der Waals surface area contributed by atoms with E-state index in [-0.39, 0.29) is 11.8 Å². The number of hydrogen-bond acceptors (Lipinski definition) is 3. The summed E-state index contributed by atoms with van der Waals surface area (Å²) in [5.74, 6) is 0.446. The quantitative estimate of drug-likeness (QED) is 0.434. The van der Waals surface area contributed by atoms with Gasteiger partial charge in [-0.1, -0.05) is 48.5 Å². The van der Waals surface area contributed by atoms with Gasteiger partial charge in [0.15, 0.2) is 0 Å². The second-order valence-electron chi connectivity index (χ2n) is 7.50. The number of thioether (sulfide) groups is 1. The number of anilines is 1. The van der Waals surface area contributed by atoms with Gasteiger partial charge >= 0.3 is 0 Å². The van der Waals surface area contributed by atoms with E-state index in [1.165, 1.54) is 0 Å². The SMILES string of the molecule is CNC(=O)c1ccc2[nH]cc(C3(SCc4ccccc4)C(=O)Nc4ccccc43)c2c1. The molecule has 31 heavy (non-hydrogen) atoms. The van der Waals surface area contributed by atoms with Gasteiger partial charge in [-0.2, -0.15) is 0 Å². The number of aromatic amines is 1. The van der Waals surface area contributed by atoms with Crippen molar-refractivity contribution in [1.82, 2.24) is 10.3 Å². The van der Waals surface area contributed by atoms with Crippen molar-refractivity contribution in [1.29, 1.82) is 0 Å². The van der Waals surface area contributed by atoms with Crippen LogP contribution in [0.2, 0.25) is 0 Å². The zero-order chi connectivity index (χ0) is 21.4. The summed E-state index contributed by atoms with van der Waals surface area (Å²) in [5, 5.41) is 6.62. The van der Waals surface area contributed by atoms with Crippen LogP contribution in [0, 0.1) is 0 Å². The molecule has 6 heteroatoms. The molecular formula is C25H21N3O2S. The Morgan fingerprint density at radius 3 is 2.58 bits per heavy atom. The number of nitrogens with one attached hydrogen (secondary N) is 3. The molecule has 1 unspecified atom stereocenters. The monoisotopic (exact) mass is 427 g/mol. The fourth-order valence-electron chi connectivity index (χ4n) is 4.18. The highest BCUT2D eigenvalue weighted by atomic mass is 32.2. The van der Waals surface area contributed by atoms with Crippen LogP contribution < -0.4 is 10.6 Å². The predicted octanol–water partition coefficient (Wildman–Crippen LogP) is 4.66. The number of fused-ring (bicyclic) bond motifs is 2. The first-order valence-corrected chi connectivity index (χ1v) is 11.0. The molecule has 1 aliphatic heterocycles. The lowest BCUT2D eigenvalue weighted by Crippen LogP contribution is -2.32. The Morgan fingerprint density at radius 2 is 1.77 bits per heavy atom. The molecule has 154 valence electrons. The molecule has 3 aromatic carbocycles. The highest BCUT2D eigenvalue weighted by Gasteiger charge is 2.50. The van der Waals surface area contributed by atoms with Gasteiger partial charge in [-0.05, 0) is 29.8 Å². The van der Waals surface area contributed by atoms with E-state index in [1.807, 2.05) is 60.8 Å². The standard InChI is InChI=1S/C25H21N3O2S/c1-26-23(29)17-11-12-21-18(13-17)20(14-27-21)25(31-15-16-7-3-2-4-8-16)19-9-5-6-10-22(19)28-24(25)30/h2-14,27H,15H2,1H3,(H,26,29)(H,28,30). The van der Waals surface area contributed by atoms with E-state index >= 15 is 0 Å². The van der Waals surface area contributed by atoms with Crippen molar-refractivity contribution < 1.29 is 9.59 Å². The summed E-state index contributed by atoms with van der Waals surface area (Å²) < 4.78 is -0.925. The van der Waals surface area contributed by atoms with E-state index in [4.69, 9.17) is 0 Å². The summed E-state index contributed by atoms with van der Waals surface area (Å²) in [6.45, 7) is 0. The molecule has 0 fully saturated rings. The summed E-state index contributed by atoms with van der Waals surface area (Å²) in [5.41, 5.74) is 5.22. The Kier molecular flexibility index (Phi) is 4.79. The number of para-hydroxylation sites is 1. The van der Waals surface area contributed by atoms with Crippen molar-refractivity contribution in [3.63, 3.8) is 0 Å². The number of hydrogen-bond donors (Lipinski definition) is 3. The van der Waals surface area contributed by atoms with Crippen molar-refractivity contribution in [2.24, 2.45) is 0 Å². The summed E-state index contributed by atoms with van der Waals surface area (Å²) >= 11 is 1.60. The van der Waals surface area contributed by atoms with E-state index < -0.39 is 4.75 Å². The molecule has 1 aromatic heterocycles. The molecule has 3 N–H and O–H groups in total. The Morgan fingerprint density at radius 1 is 1.00 bits per heavy atom. The maximum absolute atomic E-state index is 13.6. The Balaban J connectivity index is 1.70. The lowest BCUT2D eigenvalue weighted by atomic mass is 9.90. The Labute approximate surface area is 184 Å². The van der Waals surface area contributed by atoms with Crippen LogP contribution in [-0.4, -0.2) is 23.8 Å². The van der Waals surface area contributed by atoms with Gasteiger partial charge in [0, 0.05) is 52.3 Å². The van der Waals surface area contributed by atoms with Gasteiger partial charge in [0.2, 0.25) is 5.91 Å². The number of carbonyl (C=O) groups excluding carboxylic acids is 2. The molecule has 5 nitrogen and oxygen atoms in total. The molecule has 1 aliphatic rings. The van der Waals surface area contributed by atoms with E-state index in [1.54, 1.807) is 24.9 Å². The van der Waals surface area contributed by atoms with Crippen molar-refractivity contribution in [2.75, 3.05) is 12.4 Å². The maximum atomic E-state index is 13.6. The second-order valence-corrected chi connectivity index (χ2v) is 8.69. The number of H-pyrrole nitrogens is 1. The third-order valence-corrected chi connectivity index (χ3v) is 7.26. The molecule has 0 aliphatic carbocycles. The normalized spacial score (nSPS) is 17.4. The first kappa shape index (κ1) is 19.5. The zero-order valence-electron chi connectivity index (χ0n) is 16.9. The molecule has 2 heterocycles. The summed E-state index contributed by atoms with van der Waals surface area (Å²) in [6.07, 6.45) is 1.90. The number of rotatable bonds is 5. The molecule has 2 amide bonds. The van der Waals surface area contributed by atoms with Gasteiger partial charge in [0.05, 0.1) is 0 Å². The minimum Gasteiger partial charge on any atom is -0.361 e. The van der Waals surface area contributed by atoms with Crippen LogP contribution in [0.1, 0.15) is 27.0 Å². The fraction of sp³-hybridized carbons (Fsp3) is 0.120. The average molecular weight is 428 g/mol. The molecule has 0 spiro atoms. The fourth-order valence-corrected chi connectivity index (χ4v) is 5.60. The third kappa shape index (κ3) is 3.11. The number of aromatic nitrogens is 1. The number of benzene rings is 3. The van der Waals surface area contributed by atoms with Gasteiger partial charge in [-0.25, -0.2) is 0 Å². The summed E-state index contributed by atoms with van der Waals surface area (Å²) in [7, 11) is 1.61. The molecule has 0 saturated heterocycles. The number of amides is 2. The highest BCUT2D eigenvalue weighted by Crippen LogP contribution is 2.53. The van der Waals surface area contributed by atoms with Crippen LogP contribution in [0.25, 0.3) is 10.9 Å². The summed E-state index contributed by atoms with van der Waals surface area (Å²) in [4.78, 5) is 29.1. The third-order valence-electron chi connectivity index (χ3n) is 5.72. The van der Waals surface area contributed by atoms with Crippen LogP contribution in [0.5, 0.6) is 0 Å². The van der Waals surface area contributed by atoms with E-state index in [9.17, 15) is 9.59 Å². The van der Waals surface area contributed by atoms with E-state index in [0.29, 0.717) is 11.3 Å². The molecule has 4 aromatic rings. The molecule has 5 rings (SSSR count). The zero-order valence-corrected chi connectivity index (χ0v) is 17.8. The lowest BCUT2D eigenvalue weighted by Gasteiger charge is -2.27. The number of carbonyl (C=O) groups is 2. The van der Waals surface area contributed by atoms with Gasteiger partial charge in [-0.3, -0.25) is 9.59 Å². The second kappa shape index (κ2) is 7.63. The Hall–Kier alpha value is -3.51. The van der Waals surface area contributed by atoms with E-state index in [0.717, 1.165) is 33.3 Å². The van der Waals surface area contributed by atoms with E-state index in [2.05, 4.69) is 27.8 Å². The van der Waals surface area contributed by atoms with Crippen molar-refractivity contribution in [2.45, 2.75) is 10.5 Å². The van der Waals surface area contributed by atoms with Crippen molar-refractivity contribution in [3.8, 4) is 0 Å². The van der Waals surface area contributed by atoms with Crippen molar-refractivity contribution >= 4 is 40.2 Å². The first-order chi connectivity index (χ1) is 15.1. The molecule has 0 saturated carbocycles. The van der Waals surface area contributed by atoms with Gasteiger partial charge in [-0.15, -0.1) is 11.8 Å². The summed E-state index contributed by atoms with van der Waals surface area (Å²) in [6, 6.07) is 23.5. The molecule has 1 atom stereocenters. The van der Waals surface area contributed by atoms with Gasteiger partial charge < -0.3 is 15.6 Å². The minimum atomic E-state index is -0.925. The van der Waals surface area contributed by atoms with Gasteiger partial charge in [0.25, 0.3) is 5.91 Å². The first-order valence-electron chi connectivity index (χ1n) is 10.1. The smallest absolute Gasteiger partial charge is 0.251 e. The maximum Gasteiger partial charge on any atom is 0.251 e. The topological polar surface area (TPSA) is 74.0 Å². The lowest BCUT2D eigenvalue weighted by molar-refractivity contribution is -0.117. The molecule has 0 radical (unpaired) electrons. The highest BCUT2D eigenvalue weighted by molar-refractivity contribution is 8.00. The van der Waals surface area contributed by atoms with Gasteiger partial charge in [0.1, 0.15) is 4.75 Å². The van der Waals surface area contributed by atoms with Crippen LogP contribution in [0.3, 0.4) is 0 Å². The minimum absolute atomic E-state index is 0.0686. The molecule has 0 bridgehead atoms. The largest absolute Gasteiger partial charge is 0.361 e. The van der Waals surface area contributed by atoms with Crippen molar-refractivity contribution in [3.05, 3.63) is 101 Å². The average Bonchev–Trinajstić information content (AvgIpc) is 3.36. The predicted molar refractivity (Wildman–Crippen MR) is 125 cm³/mol. The van der Waals surface area contributed by atoms with Crippen LogP contribution in [0.15, 0.2) is 79.0 Å². The van der Waals surface area contributed by atoms with Crippen LogP contribution in [0.4, 0.5) is 5.69 Å². The van der Waals surface area contributed by atoms with Crippen LogP contribution >= 0.6 is 11.8 Å². The Bertz CT molecular complexity index is 1300.